The van der Waals surface area contributed by atoms with E-state index in [0.29, 0.717) is 6.54 Å². The van der Waals surface area contributed by atoms with Crippen LogP contribution in [0.5, 0.6) is 0 Å². The van der Waals surface area contributed by atoms with Gasteiger partial charge in [-0.1, -0.05) is 115 Å². The summed E-state index contributed by atoms with van der Waals surface area (Å²) < 4.78 is 2.16. The van der Waals surface area contributed by atoms with Crippen molar-refractivity contribution in [2.45, 2.75) is 0 Å². The van der Waals surface area contributed by atoms with Gasteiger partial charge in [-0.25, -0.2) is 4.99 Å². The number of benzene rings is 7. The highest BCUT2D eigenvalue weighted by molar-refractivity contribution is 6.25. The van der Waals surface area contributed by atoms with Crippen molar-refractivity contribution in [3.8, 4) is 11.1 Å². The van der Waals surface area contributed by atoms with Crippen LogP contribution in [0.4, 0.5) is 0 Å². The maximum absolute atomic E-state index is 6.05. The van der Waals surface area contributed by atoms with E-state index in [1.54, 1.807) is 0 Å². The van der Waals surface area contributed by atoms with Crippen LogP contribution < -0.4 is 5.73 Å². The molecule has 0 aliphatic carbocycles. The minimum atomic E-state index is 0.402. The smallest absolute Gasteiger partial charge is 0.100 e. The van der Waals surface area contributed by atoms with Gasteiger partial charge in [-0.05, 0) is 73.8 Å². The van der Waals surface area contributed by atoms with Crippen LogP contribution in [0.3, 0.4) is 0 Å². The maximum Gasteiger partial charge on any atom is 0.100 e. The number of hydrogen-bond acceptors (Lipinski definition) is 2. The standard InChI is InChI=1S/C40H29N3/c41-23-22-38(42-26-43-39-18-7-5-16-35(39)36-17-6-8-19-40(36)43)29-11-9-10-27(24-29)28-20-21-34-32-14-2-1-12-30(32)31-13-3-4-15-33(31)37(34)25-28/h1-22,24-26H,23,41H2/b38-22-,42-26+. The van der Waals surface area contributed by atoms with Gasteiger partial charge >= 0.3 is 0 Å². The van der Waals surface area contributed by atoms with Crippen molar-refractivity contribution in [1.82, 2.24) is 4.57 Å². The average molecular weight is 552 g/mol. The number of aromatic nitrogens is 1. The van der Waals surface area contributed by atoms with Crippen LogP contribution in [0, 0.1) is 0 Å². The van der Waals surface area contributed by atoms with E-state index in [-0.39, 0.29) is 0 Å². The molecule has 0 bridgehead atoms. The van der Waals surface area contributed by atoms with Crippen LogP contribution in [0.2, 0.25) is 0 Å². The Morgan fingerprint density at radius 3 is 1.63 bits per heavy atom. The first kappa shape index (κ1) is 25.2. The fraction of sp³-hybridized carbons (Fsp3) is 0.0250. The molecule has 0 atom stereocenters. The first-order valence-corrected chi connectivity index (χ1v) is 14.7. The summed E-state index contributed by atoms with van der Waals surface area (Å²) in [6, 6.07) is 49.8. The fourth-order valence-electron chi connectivity index (χ4n) is 6.50. The molecule has 1 heterocycles. The first-order valence-electron chi connectivity index (χ1n) is 14.7. The van der Waals surface area contributed by atoms with Crippen LogP contribution in [0.15, 0.2) is 151 Å². The predicted octanol–water partition coefficient (Wildman–Crippen LogP) is 9.80. The molecule has 0 radical (unpaired) electrons. The lowest BCUT2D eigenvalue weighted by Crippen LogP contribution is -1.98. The zero-order valence-corrected chi connectivity index (χ0v) is 23.6. The van der Waals surface area contributed by atoms with Crippen LogP contribution >= 0.6 is 0 Å². The van der Waals surface area contributed by atoms with Crippen molar-refractivity contribution < 1.29 is 0 Å². The fourth-order valence-corrected chi connectivity index (χ4v) is 6.50. The van der Waals surface area contributed by atoms with E-state index in [2.05, 4.69) is 144 Å². The van der Waals surface area contributed by atoms with Gasteiger partial charge in [0.05, 0.1) is 16.7 Å². The summed E-state index contributed by atoms with van der Waals surface area (Å²) in [4.78, 5) is 5.01. The van der Waals surface area contributed by atoms with E-state index in [1.165, 1.54) is 48.7 Å². The molecular formula is C40H29N3. The molecule has 0 spiro atoms. The summed E-state index contributed by atoms with van der Waals surface area (Å²) in [5.74, 6) is 0. The summed E-state index contributed by atoms with van der Waals surface area (Å²) >= 11 is 0. The van der Waals surface area contributed by atoms with Crippen molar-refractivity contribution in [2.75, 3.05) is 6.54 Å². The number of rotatable bonds is 5. The van der Waals surface area contributed by atoms with Crippen molar-refractivity contribution >= 4 is 66.2 Å². The molecule has 8 aromatic rings. The molecule has 1 aromatic heterocycles. The van der Waals surface area contributed by atoms with E-state index in [1.807, 2.05) is 12.4 Å². The summed E-state index contributed by atoms with van der Waals surface area (Å²) in [6.07, 6.45) is 3.91. The van der Waals surface area contributed by atoms with Gasteiger partial charge in [0.15, 0.2) is 0 Å². The number of nitrogens with zero attached hydrogens (tertiary/aromatic N) is 2. The molecule has 43 heavy (non-hydrogen) atoms. The largest absolute Gasteiger partial charge is 0.327 e. The molecule has 0 aliphatic heterocycles. The molecule has 0 unspecified atom stereocenters. The second-order valence-corrected chi connectivity index (χ2v) is 10.9. The van der Waals surface area contributed by atoms with E-state index in [9.17, 15) is 0 Å². The Balaban J connectivity index is 1.23. The maximum atomic E-state index is 6.05. The molecule has 204 valence electrons. The lowest BCUT2D eigenvalue weighted by molar-refractivity contribution is 1.24. The van der Waals surface area contributed by atoms with Crippen molar-refractivity contribution in [3.05, 3.63) is 151 Å². The summed E-state index contributed by atoms with van der Waals surface area (Å²) in [5.41, 5.74) is 12.5. The number of aliphatic imine (C=N–C) groups is 1. The Kier molecular flexibility index (Phi) is 6.10. The van der Waals surface area contributed by atoms with Crippen LogP contribution in [0.1, 0.15) is 5.56 Å². The van der Waals surface area contributed by atoms with Crippen LogP contribution in [-0.2, 0) is 0 Å². The average Bonchev–Trinajstić information content (AvgIpc) is 3.40. The molecule has 3 heteroatoms. The van der Waals surface area contributed by atoms with Crippen molar-refractivity contribution in [3.63, 3.8) is 0 Å². The van der Waals surface area contributed by atoms with Gasteiger partial charge in [0.1, 0.15) is 6.34 Å². The number of para-hydroxylation sites is 2. The Bertz CT molecular complexity index is 2300. The van der Waals surface area contributed by atoms with Gasteiger partial charge in [-0.15, -0.1) is 0 Å². The predicted molar refractivity (Wildman–Crippen MR) is 185 cm³/mol. The molecule has 2 N–H and O–H groups in total. The lowest BCUT2D eigenvalue weighted by atomic mass is 9.92. The molecule has 3 nitrogen and oxygen atoms in total. The highest BCUT2D eigenvalue weighted by Gasteiger charge is 2.11. The number of fused-ring (bicyclic) bond motifs is 9. The molecule has 0 saturated heterocycles. The van der Waals surface area contributed by atoms with E-state index in [4.69, 9.17) is 10.7 Å². The zero-order valence-electron chi connectivity index (χ0n) is 23.6. The minimum Gasteiger partial charge on any atom is -0.327 e. The highest BCUT2D eigenvalue weighted by atomic mass is 15.0. The Hall–Kier alpha value is -5.51. The summed E-state index contributed by atoms with van der Waals surface area (Å²) in [7, 11) is 0. The Morgan fingerprint density at radius 2 is 1.02 bits per heavy atom. The summed E-state index contributed by atoms with van der Waals surface area (Å²) in [5, 5.41) is 10.1. The van der Waals surface area contributed by atoms with E-state index in [0.717, 1.165) is 27.9 Å². The molecule has 8 rings (SSSR count). The quantitative estimate of drug-likeness (QED) is 0.129. The second-order valence-electron chi connectivity index (χ2n) is 10.9. The normalized spacial score (nSPS) is 12.4. The van der Waals surface area contributed by atoms with Gasteiger partial charge in [0, 0.05) is 22.9 Å². The van der Waals surface area contributed by atoms with E-state index >= 15 is 0 Å². The second kappa shape index (κ2) is 10.4. The van der Waals surface area contributed by atoms with Crippen molar-refractivity contribution in [2.24, 2.45) is 10.7 Å². The Morgan fingerprint density at radius 1 is 0.512 bits per heavy atom. The van der Waals surface area contributed by atoms with Gasteiger partial charge in [-0.3, -0.25) is 4.57 Å². The SMILES string of the molecule is NC/C=C(\N=C\n1c2ccccc2c2ccccc21)c1cccc(-c2ccc3c4ccccc4c4ccccc4c3c2)c1. The summed E-state index contributed by atoms with van der Waals surface area (Å²) in [6.45, 7) is 0.402. The molecule has 0 fully saturated rings. The van der Waals surface area contributed by atoms with Crippen LogP contribution in [0.25, 0.3) is 70.9 Å². The zero-order chi connectivity index (χ0) is 28.8. The third kappa shape index (κ3) is 4.21. The first-order chi connectivity index (χ1) is 21.3. The van der Waals surface area contributed by atoms with Gasteiger partial charge in [0.2, 0.25) is 0 Å². The van der Waals surface area contributed by atoms with E-state index < -0.39 is 0 Å². The molecule has 0 aliphatic rings. The topological polar surface area (TPSA) is 43.3 Å². The lowest BCUT2D eigenvalue weighted by Gasteiger charge is -2.12. The third-order valence-electron chi connectivity index (χ3n) is 8.48. The Labute approximate surface area is 249 Å². The number of hydrogen-bond donors (Lipinski definition) is 1. The monoisotopic (exact) mass is 551 g/mol. The van der Waals surface area contributed by atoms with Gasteiger partial charge in [0.25, 0.3) is 0 Å². The molecule has 0 amide bonds. The highest BCUT2D eigenvalue weighted by Crippen LogP contribution is 2.37. The molecule has 7 aromatic carbocycles. The molecular weight excluding hydrogens is 522 g/mol. The van der Waals surface area contributed by atoms with Crippen molar-refractivity contribution in [1.29, 1.82) is 0 Å². The minimum absolute atomic E-state index is 0.402. The third-order valence-corrected chi connectivity index (χ3v) is 8.48. The van der Waals surface area contributed by atoms with Gasteiger partial charge < -0.3 is 5.73 Å². The number of nitrogens with two attached hydrogens (primary N) is 1. The van der Waals surface area contributed by atoms with Gasteiger partial charge in [-0.2, -0.15) is 0 Å². The van der Waals surface area contributed by atoms with Crippen LogP contribution in [-0.4, -0.2) is 17.5 Å². The molecule has 0 saturated carbocycles.